The van der Waals surface area contributed by atoms with Crippen LogP contribution in [0.4, 0.5) is 5.69 Å². The number of thiocarbonyl (C=S) groups is 1. The maximum Gasteiger partial charge on any atom is 0.339 e. The first-order chi connectivity index (χ1) is 11.5. The first-order valence-corrected chi connectivity index (χ1v) is 8.27. The molecule has 0 amide bonds. The standard InChI is InChI=1S/C17H22N2O4S/c1-11-6-4-5-9-19(11)17(24)18-14-10-12(15(20)22-2)7-8-13(14)16(21)23-3/h7-8,10-11H,4-6,9H2,1-3H3,(H,18,24)/t11-/m0/s1. The number of nitrogens with zero attached hydrogens (tertiary/aromatic N) is 1. The summed E-state index contributed by atoms with van der Waals surface area (Å²) in [6, 6.07) is 4.95. The highest BCUT2D eigenvalue weighted by atomic mass is 32.1. The fourth-order valence-corrected chi connectivity index (χ4v) is 3.15. The van der Waals surface area contributed by atoms with Gasteiger partial charge in [-0.2, -0.15) is 0 Å². The molecule has 1 fully saturated rings. The van der Waals surface area contributed by atoms with Crippen molar-refractivity contribution in [3.63, 3.8) is 0 Å². The highest BCUT2D eigenvalue weighted by Crippen LogP contribution is 2.22. The number of carbonyl (C=O) groups is 2. The monoisotopic (exact) mass is 350 g/mol. The Morgan fingerprint density at radius 1 is 1.21 bits per heavy atom. The van der Waals surface area contributed by atoms with E-state index in [1.165, 1.54) is 32.8 Å². The number of likely N-dealkylation sites (tertiary alicyclic amines) is 1. The lowest BCUT2D eigenvalue weighted by molar-refractivity contribution is 0.0587. The maximum atomic E-state index is 12.0. The summed E-state index contributed by atoms with van der Waals surface area (Å²) < 4.78 is 9.53. The molecule has 0 spiro atoms. The van der Waals surface area contributed by atoms with E-state index in [-0.39, 0.29) is 0 Å². The molecule has 0 aromatic heterocycles. The predicted octanol–water partition coefficient (Wildman–Crippen LogP) is 2.83. The summed E-state index contributed by atoms with van der Waals surface area (Å²) in [5, 5.41) is 3.63. The molecule has 130 valence electrons. The number of benzene rings is 1. The molecule has 1 N–H and O–H groups in total. The molecule has 0 aliphatic carbocycles. The minimum absolute atomic E-state index is 0.317. The molecule has 1 aromatic carbocycles. The minimum Gasteiger partial charge on any atom is -0.465 e. The fraction of sp³-hybridized carbons (Fsp3) is 0.471. The van der Waals surface area contributed by atoms with Gasteiger partial charge in [-0.3, -0.25) is 0 Å². The quantitative estimate of drug-likeness (QED) is 0.664. The molecule has 1 aliphatic heterocycles. The fourth-order valence-electron chi connectivity index (χ4n) is 2.77. The highest BCUT2D eigenvalue weighted by molar-refractivity contribution is 7.80. The summed E-state index contributed by atoms with van der Waals surface area (Å²) in [6.07, 6.45) is 3.34. The normalized spacial score (nSPS) is 17.1. The van der Waals surface area contributed by atoms with E-state index < -0.39 is 11.9 Å². The van der Waals surface area contributed by atoms with E-state index in [4.69, 9.17) is 21.7 Å². The molecule has 24 heavy (non-hydrogen) atoms. The number of carbonyl (C=O) groups excluding carboxylic acids is 2. The van der Waals surface area contributed by atoms with E-state index in [1.807, 2.05) is 0 Å². The van der Waals surface area contributed by atoms with Crippen molar-refractivity contribution < 1.29 is 19.1 Å². The van der Waals surface area contributed by atoms with Gasteiger partial charge in [0.2, 0.25) is 0 Å². The van der Waals surface area contributed by atoms with Crippen LogP contribution in [0.2, 0.25) is 0 Å². The Bertz CT molecular complexity index is 647. The molecule has 1 atom stereocenters. The van der Waals surface area contributed by atoms with E-state index in [0.717, 1.165) is 19.4 Å². The van der Waals surface area contributed by atoms with Crippen molar-refractivity contribution in [2.24, 2.45) is 0 Å². The second-order valence-electron chi connectivity index (χ2n) is 5.71. The van der Waals surface area contributed by atoms with Gasteiger partial charge in [0.15, 0.2) is 5.11 Å². The second-order valence-corrected chi connectivity index (χ2v) is 6.10. The van der Waals surface area contributed by atoms with Crippen molar-refractivity contribution >= 4 is 35.0 Å². The summed E-state index contributed by atoms with van der Waals surface area (Å²) >= 11 is 5.50. The number of hydrogen-bond acceptors (Lipinski definition) is 5. The first-order valence-electron chi connectivity index (χ1n) is 7.86. The van der Waals surface area contributed by atoms with Crippen molar-refractivity contribution in [2.75, 3.05) is 26.1 Å². The van der Waals surface area contributed by atoms with Crippen molar-refractivity contribution in [1.82, 2.24) is 4.90 Å². The zero-order valence-electron chi connectivity index (χ0n) is 14.1. The van der Waals surface area contributed by atoms with Crippen molar-refractivity contribution in [3.05, 3.63) is 29.3 Å². The highest BCUT2D eigenvalue weighted by Gasteiger charge is 2.23. The molecule has 0 radical (unpaired) electrons. The van der Waals surface area contributed by atoms with Gasteiger partial charge in [-0.05, 0) is 56.6 Å². The summed E-state index contributed by atoms with van der Waals surface area (Å²) in [5.41, 5.74) is 1.09. The van der Waals surface area contributed by atoms with Crippen molar-refractivity contribution in [3.8, 4) is 0 Å². The average molecular weight is 350 g/mol. The molecule has 1 aromatic rings. The van der Waals surface area contributed by atoms with Gasteiger partial charge < -0.3 is 19.7 Å². The van der Waals surface area contributed by atoms with Crippen LogP contribution in [0.15, 0.2) is 18.2 Å². The topological polar surface area (TPSA) is 67.9 Å². The Morgan fingerprint density at radius 2 is 1.92 bits per heavy atom. The first kappa shape index (κ1) is 18.2. The van der Waals surface area contributed by atoms with E-state index in [0.29, 0.717) is 28.0 Å². The van der Waals surface area contributed by atoms with Crippen LogP contribution in [0.3, 0.4) is 0 Å². The van der Waals surface area contributed by atoms with Gasteiger partial charge in [0.05, 0.1) is 31.0 Å². The van der Waals surface area contributed by atoms with Crippen LogP contribution in [0.1, 0.15) is 46.9 Å². The van der Waals surface area contributed by atoms with Gasteiger partial charge in [-0.15, -0.1) is 0 Å². The number of anilines is 1. The molecule has 1 aliphatic rings. The lowest BCUT2D eigenvalue weighted by Crippen LogP contribution is -2.44. The van der Waals surface area contributed by atoms with E-state index in [9.17, 15) is 9.59 Å². The Morgan fingerprint density at radius 3 is 2.54 bits per heavy atom. The summed E-state index contributed by atoms with van der Waals surface area (Å²) in [6.45, 7) is 3.00. The molecule has 6 nitrogen and oxygen atoms in total. The zero-order valence-corrected chi connectivity index (χ0v) is 14.9. The maximum absolute atomic E-state index is 12.0. The Kier molecular flexibility index (Phi) is 6.14. The summed E-state index contributed by atoms with van der Waals surface area (Å²) in [7, 11) is 2.62. The van der Waals surface area contributed by atoms with Crippen LogP contribution in [-0.2, 0) is 9.47 Å². The summed E-state index contributed by atoms with van der Waals surface area (Å²) in [4.78, 5) is 25.8. The number of piperidine rings is 1. The van der Waals surface area contributed by atoms with Gasteiger partial charge in [0, 0.05) is 12.6 Å². The van der Waals surface area contributed by atoms with Crippen molar-refractivity contribution in [1.29, 1.82) is 0 Å². The third-order valence-corrected chi connectivity index (χ3v) is 4.49. The number of esters is 2. The number of methoxy groups -OCH3 is 2. The lowest BCUT2D eigenvalue weighted by Gasteiger charge is -2.35. The van der Waals surface area contributed by atoms with E-state index in [2.05, 4.69) is 17.1 Å². The number of nitrogens with one attached hydrogen (secondary N) is 1. The third-order valence-electron chi connectivity index (χ3n) is 4.15. The molecular weight excluding hydrogens is 328 g/mol. The van der Waals surface area contributed by atoms with Gasteiger partial charge in [-0.1, -0.05) is 0 Å². The SMILES string of the molecule is COC(=O)c1ccc(C(=O)OC)c(NC(=S)N2CCCC[C@@H]2C)c1. The van der Waals surface area contributed by atoms with Gasteiger partial charge >= 0.3 is 11.9 Å². The van der Waals surface area contributed by atoms with Crippen molar-refractivity contribution in [2.45, 2.75) is 32.2 Å². The Labute approximate surface area is 147 Å². The largest absolute Gasteiger partial charge is 0.465 e. The molecule has 1 heterocycles. The number of hydrogen-bond donors (Lipinski definition) is 1. The minimum atomic E-state index is -0.497. The van der Waals surface area contributed by atoms with Gasteiger partial charge in [0.1, 0.15) is 0 Å². The summed E-state index contributed by atoms with van der Waals surface area (Å²) in [5.74, 6) is -0.977. The predicted molar refractivity (Wildman–Crippen MR) is 95.4 cm³/mol. The third kappa shape index (κ3) is 4.03. The van der Waals surface area contributed by atoms with Gasteiger partial charge in [0.25, 0.3) is 0 Å². The molecule has 0 unspecified atom stereocenters. The molecule has 0 bridgehead atoms. The molecule has 2 rings (SSSR count). The molecule has 7 heteroatoms. The van der Waals surface area contributed by atoms with E-state index >= 15 is 0 Å². The average Bonchev–Trinajstić information content (AvgIpc) is 2.60. The zero-order chi connectivity index (χ0) is 17.7. The van der Waals surface area contributed by atoms with Crippen LogP contribution in [-0.4, -0.2) is 48.8 Å². The molecular formula is C17H22N2O4S. The van der Waals surface area contributed by atoms with Crippen LogP contribution >= 0.6 is 12.2 Å². The second kappa shape index (κ2) is 8.10. The van der Waals surface area contributed by atoms with E-state index in [1.54, 1.807) is 6.07 Å². The molecule has 1 saturated heterocycles. The lowest BCUT2D eigenvalue weighted by atomic mass is 10.0. The Hall–Kier alpha value is -2.15. The van der Waals surface area contributed by atoms with Crippen LogP contribution in [0.25, 0.3) is 0 Å². The molecule has 0 saturated carbocycles. The van der Waals surface area contributed by atoms with Gasteiger partial charge in [-0.25, -0.2) is 9.59 Å². The Balaban J connectivity index is 2.29. The number of ether oxygens (including phenoxy) is 2. The van der Waals surface area contributed by atoms with Crippen LogP contribution in [0.5, 0.6) is 0 Å². The van der Waals surface area contributed by atoms with Crippen LogP contribution < -0.4 is 5.32 Å². The smallest absolute Gasteiger partial charge is 0.339 e. The van der Waals surface area contributed by atoms with Crippen LogP contribution in [0, 0.1) is 0 Å². The number of rotatable bonds is 3.